The van der Waals surface area contributed by atoms with Crippen molar-refractivity contribution < 1.29 is 14.6 Å². The normalized spacial score (nSPS) is 27.3. The fourth-order valence-electron chi connectivity index (χ4n) is 3.38. The van der Waals surface area contributed by atoms with Crippen molar-refractivity contribution in [2.24, 2.45) is 11.3 Å². The molecule has 0 heterocycles. The molecule has 0 saturated heterocycles. The van der Waals surface area contributed by atoms with E-state index in [2.05, 4.69) is 25.7 Å². The molecule has 1 rings (SSSR count). The molecule has 4 heteroatoms. The number of rotatable bonds is 9. The Morgan fingerprint density at radius 3 is 2.14 bits per heavy atom. The Morgan fingerprint density at radius 1 is 1.10 bits per heavy atom. The summed E-state index contributed by atoms with van der Waals surface area (Å²) in [5.74, 6) is 0.684. The number of hydrogen-bond acceptors (Lipinski definition) is 4. The van der Waals surface area contributed by atoms with Crippen LogP contribution >= 0.6 is 0 Å². The number of aliphatic hydroxyl groups excluding tert-OH is 1. The first-order valence-corrected chi connectivity index (χ1v) is 8.36. The van der Waals surface area contributed by atoms with E-state index in [0.29, 0.717) is 24.5 Å². The summed E-state index contributed by atoms with van der Waals surface area (Å²) in [6.45, 7) is 10.1. The fourth-order valence-corrected chi connectivity index (χ4v) is 3.38. The second-order valence-corrected chi connectivity index (χ2v) is 7.01. The van der Waals surface area contributed by atoms with E-state index in [1.165, 1.54) is 6.42 Å². The van der Waals surface area contributed by atoms with Crippen LogP contribution in [0.15, 0.2) is 0 Å². The zero-order chi connectivity index (χ0) is 15.9. The number of ether oxygens (including phenoxy) is 2. The molecular weight excluding hydrogens is 266 g/mol. The number of nitrogens with zero attached hydrogens (tertiary/aromatic N) is 1. The van der Waals surface area contributed by atoms with E-state index in [9.17, 15) is 5.11 Å². The maximum absolute atomic E-state index is 10.5. The molecule has 126 valence electrons. The minimum atomic E-state index is -0.220. The van der Waals surface area contributed by atoms with E-state index in [4.69, 9.17) is 9.47 Å². The molecule has 0 bridgehead atoms. The van der Waals surface area contributed by atoms with Crippen molar-refractivity contribution >= 4 is 0 Å². The van der Waals surface area contributed by atoms with E-state index in [1.807, 2.05) is 0 Å². The quantitative estimate of drug-likeness (QED) is 0.710. The number of hydrogen-bond donors (Lipinski definition) is 1. The molecule has 1 saturated carbocycles. The fraction of sp³-hybridized carbons (Fsp3) is 1.00. The van der Waals surface area contributed by atoms with Crippen LogP contribution in [0.1, 0.15) is 46.5 Å². The molecular formula is C17H35NO3. The first-order valence-electron chi connectivity index (χ1n) is 8.36. The van der Waals surface area contributed by atoms with Crippen LogP contribution in [0.3, 0.4) is 0 Å². The number of aliphatic hydroxyl groups is 1. The van der Waals surface area contributed by atoms with E-state index in [1.54, 1.807) is 14.2 Å². The standard InChI is InChI=1S/C17H35NO3/c1-6-17(2,3)14-7-8-16(19)15(13-14)18(9-11-20-4)10-12-21-5/h14-16,19H,6-13H2,1-5H3. The van der Waals surface area contributed by atoms with Crippen molar-refractivity contribution in [2.75, 3.05) is 40.5 Å². The van der Waals surface area contributed by atoms with E-state index in [0.717, 1.165) is 32.4 Å². The molecule has 3 atom stereocenters. The zero-order valence-corrected chi connectivity index (χ0v) is 14.6. The van der Waals surface area contributed by atoms with Crippen molar-refractivity contribution in [1.29, 1.82) is 0 Å². The zero-order valence-electron chi connectivity index (χ0n) is 14.6. The second-order valence-electron chi connectivity index (χ2n) is 7.01. The van der Waals surface area contributed by atoms with Crippen LogP contribution < -0.4 is 0 Å². The maximum Gasteiger partial charge on any atom is 0.0695 e. The Labute approximate surface area is 130 Å². The first-order chi connectivity index (χ1) is 9.96. The molecule has 21 heavy (non-hydrogen) atoms. The summed E-state index contributed by atoms with van der Waals surface area (Å²) >= 11 is 0. The predicted molar refractivity (Wildman–Crippen MR) is 86.5 cm³/mol. The topological polar surface area (TPSA) is 41.9 Å². The van der Waals surface area contributed by atoms with Gasteiger partial charge in [0.15, 0.2) is 0 Å². The minimum absolute atomic E-state index is 0.220. The molecule has 1 N–H and O–H groups in total. The Morgan fingerprint density at radius 2 is 1.67 bits per heavy atom. The lowest BCUT2D eigenvalue weighted by molar-refractivity contribution is -0.0335. The van der Waals surface area contributed by atoms with Gasteiger partial charge in [0, 0.05) is 33.4 Å². The minimum Gasteiger partial charge on any atom is -0.391 e. The summed E-state index contributed by atoms with van der Waals surface area (Å²) < 4.78 is 10.5. The lowest BCUT2D eigenvalue weighted by Gasteiger charge is -2.45. The van der Waals surface area contributed by atoms with Crippen molar-refractivity contribution in [2.45, 2.75) is 58.6 Å². The van der Waals surface area contributed by atoms with Crippen LogP contribution in [0.25, 0.3) is 0 Å². The summed E-state index contributed by atoms with van der Waals surface area (Å²) in [5.41, 5.74) is 0.354. The molecule has 4 nitrogen and oxygen atoms in total. The molecule has 0 spiro atoms. The van der Waals surface area contributed by atoms with Crippen LogP contribution in [-0.2, 0) is 9.47 Å². The highest BCUT2D eigenvalue weighted by Crippen LogP contribution is 2.41. The third-order valence-electron chi connectivity index (χ3n) is 5.43. The molecule has 0 radical (unpaired) electrons. The molecule has 1 aliphatic carbocycles. The highest BCUT2D eigenvalue weighted by Gasteiger charge is 2.38. The van der Waals surface area contributed by atoms with Crippen LogP contribution in [-0.4, -0.2) is 62.7 Å². The summed E-state index contributed by atoms with van der Waals surface area (Å²) in [6.07, 6.45) is 4.10. The van der Waals surface area contributed by atoms with E-state index >= 15 is 0 Å². The summed E-state index contributed by atoms with van der Waals surface area (Å²) in [7, 11) is 3.46. The second kappa shape index (κ2) is 9.09. The highest BCUT2D eigenvalue weighted by molar-refractivity contribution is 4.91. The predicted octanol–water partition coefficient (Wildman–Crippen LogP) is 2.55. The molecule has 0 aromatic heterocycles. The molecule has 0 aliphatic heterocycles. The Hall–Kier alpha value is -0.160. The van der Waals surface area contributed by atoms with Gasteiger partial charge in [-0.1, -0.05) is 27.2 Å². The molecule has 3 unspecified atom stereocenters. The summed E-state index contributed by atoms with van der Waals surface area (Å²) in [6, 6.07) is 0.236. The van der Waals surface area contributed by atoms with E-state index < -0.39 is 0 Å². The average Bonchev–Trinajstić information content (AvgIpc) is 2.48. The Balaban J connectivity index is 2.72. The van der Waals surface area contributed by atoms with Crippen LogP contribution in [0.4, 0.5) is 0 Å². The van der Waals surface area contributed by atoms with Gasteiger partial charge in [-0.25, -0.2) is 0 Å². The summed E-state index contributed by atoms with van der Waals surface area (Å²) in [4.78, 5) is 2.36. The van der Waals surface area contributed by atoms with Gasteiger partial charge in [-0.2, -0.15) is 0 Å². The maximum atomic E-state index is 10.5. The van der Waals surface area contributed by atoms with E-state index in [-0.39, 0.29) is 12.1 Å². The number of methoxy groups -OCH3 is 2. The van der Waals surface area contributed by atoms with Crippen LogP contribution in [0.2, 0.25) is 0 Å². The van der Waals surface area contributed by atoms with Gasteiger partial charge in [0.05, 0.1) is 19.3 Å². The van der Waals surface area contributed by atoms with Gasteiger partial charge >= 0.3 is 0 Å². The van der Waals surface area contributed by atoms with Gasteiger partial charge in [0.2, 0.25) is 0 Å². The monoisotopic (exact) mass is 301 g/mol. The van der Waals surface area contributed by atoms with Crippen molar-refractivity contribution in [3.05, 3.63) is 0 Å². The van der Waals surface area contributed by atoms with Crippen molar-refractivity contribution in [1.82, 2.24) is 4.90 Å². The van der Waals surface area contributed by atoms with Gasteiger partial charge in [0.1, 0.15) is 0 Å². The largest absolute Gasteiger partial charge is 0.391 e. The Bertz CT molecular complexity index is 275. The molecule has 1 aliphatic rings. The van der Waals surface area contributed by atoms with Gasteiger partial charge in [-0.15, -0.1) is 0 Å². The smallest absolute Gasteiger partial charge is 0.0695 e. The van der Waals surface area contributed by atoms with Crippen LogP contribution in [0.5, 0.6) is 0 Å². The molecule has 0 aromatic rings. The van der Waals surface area contributed by atoms with Crippen molar-refractivity contribution in [3.8, 4) is 0 Å². The summed E-state index contributed by atoms with van der Waals surface area (Å²) in [5, 5.41) is 10.5. The highest BCUT2D eigenvalue weighted by atomic mass is 16.5. The lowest BCUT2D eigenvalue weighted by Crippen LogP contribution is -2.51. The molecule has 1 fully saturated rings. The lowest BCUT2D eigenvalue weighted by atomic mass is 9.67. The van der Waals surface area contributed by atoms with Crippen LogP contribution in [0, 0.1) is 11.3 Å². The molecule has 0 amide bonds. The Kier molecular flexibility index (Phi) is 8.17. The van der Waals surface area contributed by atoms with Gasteiger partial charge < -0.3 is 14.6 Å². The van der Waals surface area contributed by atoms with Gasteiger partial charge in [0.25, 0.3) is 0 Å². The third-order valence-corrected chi connectivity index (χ3v) is 5.43. The first kappa shape index (κ1) is 18.9. The van der Waals surface area contributed by atoms with Gasteiger partial charge in [-0.3, -0.25) is 4.90 Å². The average molecular weight is 301 g/mol. The van der Waals surface area contributed by atoms with Gasteiger partial charge in [-0.05, 0) is 30.6 Å². The SMILES string of the molecule is CCC(C)(C)C1CCC(O)C(N(CCOC)CCOC)C1. The molecule has 0 aromatic carbocycles. The third kappa shape index (κ3) is 5.51. The van der Waals surface area contributed by atoms with Crippen molar-refractivity contribution in [3.63, 3.8) is 0 Å².